The Morgan fingerprint density at radius 2 is 1.88 bits per heavy atom. The van der Waals surface area contributed by atoms with Crippen molar-refractivity contribution in [1.29, 1.82) is 0 Å². The SMILES string of the molecule is CNC(C(N)=O)c1ccc(OC(C)C)cc1. The Morgan fingerprint density at radius 3 is 2.25 bits per heavy atom. The van der Waals surface area contributed by atoms with Crippen molar-refractivity contribution in [2.24, 2.45) is 5.73 Å². The van der Waals surface area contributed by atoms with Gasteiger partial charge in [-0.2, -0.15) is 0 Å². The first-order valence-corrected chi connectivity index (χ1v) is 5.27. The maximum atomic E-state index is 11.1. The minimum Gasteiger partial charge on any atom is -0.491 e. The van der Waals surface area contributed by atoms with Gasteiger partial charge >= 0.3 is 0 Å². The number of carbonyl (C=O) groups is 1. The maximum absolute atomic E-state index is 11.1. The number of nitrogens with two attached hydrogens (primary N) is 1. The molecule has 3 N–H and O–H groups in total. The molecule has 4 heteroatoms. The molecule has 1 unspecified atom stereocenters. The number of rotatable bonds is 5. The average molecular weight is 222 g/mol. The van der Waals surface area contributed by atoms with E-state index >= 15 is 0 Å². The van der Waals surface area contributed by atoms with Crippen molar-refractivity contribution in [3.8, 4) is 5.75 Å². The number of nitrogens with one attached hydrogen (secondary N) is 1. The van der Waals surface area contributed by atoms with Gasteiger partial charge in [0, 0.05) is 0 Å². The van der Waals surface area contributed by atoms with E-state index in [2.05, 4.69) is 5.32 Å². The van der Waals surface area contributed by atoms with E-state index in [1.165, 1.54) is 0 Å². The van der Waals surface area contributed by atoms with E-state index in [0.717, 1.165) is 11.3 Å². The molecule has 0 spiro atoms. The zero-order valence-corrected chi connectivity index (χ0v) is 9.86. The van der Waals surface area contributed by atoms with Crippen LogP contribution in [0.1, 0.15) is 25.5 Å². The van der Waals surface area contributed by atoms with Crippen molar-refractivity contribution in [2.75, 3.05) is 7.05 Å². The molecule has 0 aromatic heterocycles. The molecule has 0 heterocycles. The predicted octanol–water partition coefficient (Wildman–Crippen LogP) is 1.22. The minimum absolute atomic E-state index is 0.141. The van der Waals surface area contributed by atoms with Crippen LogP contribution in [0.3, 0.4) is 0 Å². The van der Waals surface area contributed by atoms with Gasteiger partial charge in [-0.3, -0.25) is 4.79 Å². The fourth-order valence-electron chi connectivity index (χ4n) is 1.48. The zero-order chi connectivity index (χ0) is 12.1. The molecule has 1 amide bonds. The number of primary amides is 1. The lowest BCUT2D eigenvalue weighted by atomic mass is 10.1. The van der Waals surface area contributed by atoms with Crippen molar-refractivity contribution in [3.05, 3.63) is 29.8 Å². The Balaban J connectivity index is 2.81. The molecule has 16 heavy (non-hydrogen) atoms. The first kappa shape index (κ1) is 12.5. The Morgan fingerprint density at radius 1 is 1.31 bits per heavy atom. The van der Waals surface area contributed by atoms with Crippen molar-refractivity contribution >= 4 is 5.91 Å². The number of hydrogen-bond donors (Lipinski definition) is 2. The summed E-state index contributed by atoms with van der Waals surface area (Å²) in [5, 5.41) is 2.86. The van der Waals surface area contributed by atoms with E-state index in [1.807, 2.05) is 38.1 Å². The normalized spacial score (nSPS) is 12.5. The Labute approximate surface area is 95.8 Å². The van der Waals surface area contributed by atoms with Crippen LogP contribution >= 0.6 is 0 Å². The third kappa shape index (κ3) is 3.24. The lowest BCUT2D eigenvalue weighted by Gasteiger charge is -2.14. The largest absolute Gasteiger partial charge is 0.491 e. The van der Waals surface area contributed by atoms with E-state index in [9.17, 15) is 4.79 Å². The first-order chi connectivity index (χ1) is 7.54. The van der Waals surface area contributed by atoms with Crippen LogP contribution in [0.25, 0.3) is 0 Å². The molecule has 88 valence electrons. The lowest BCUT2D eigenvalue weighted by molar-refractivity contribution is -0.120. The van der Waals surface area contributed by atoms with Gasteiger partial charge in [0.1, 0.15) is 11.8 Å². The smallest absolute Gasteiger partial charge is 0.239 e. The molecule has 0 aliphatic carbocycles. The number of ether oxygens (including phenoxy) is 1. The van der Waals surface area contributed by atoms with E-state index in [-0.39, 0.29) is 12.0 Å². The second-order valence-corrected chi connectivity index (χ2v) is 3.86. The summed E-state index contributed by atoms with van der Waals surface area (Å²) in [6.45, 7) is 3.93. The van der Waals surface area contributed by atoms with Crippen LogP contribution in [-0.2, 0) is 4.79 Å². The van der Waals surface area contributed by atoms with Crippen molar-refractivity contribution in [2.45, 2.75) is 26.0 Å². The number of hydrogen-bond acceptors (Lipinski definition) is 3. The second-order valence-electron chi connectivity index (χ2n) is 3.86. The third-order valence-corrected chi connectivity index (χ3v) is 2.16. The van der Waals surface area contributed by atoms with Crippen molar-refractivity contribution in [3.63, 3.8) is 0 Å². The lowest BCUT2D eigenvalue weighted by Crippen LogP contribution is -2.31. The van der Waals surface area contributed by atoms with Crippen LogP contribution in [0.2, 0.25) is 0 Å². The number of likely N-dealkylation sites (N-methyl/N-ethyl adjacent to an activating group) is 1. The Kier molecular flexibility index (Phi) is 4.31. The molecule has 0 aliphatic heterocycles. The molecule has 1 rings (SSSR count). The summed E-state index contributed by atoms with van der Waals surface area (Å²) < 4.78 is 5.51. The van der Waals surface area contributed by atoms with Crippen LogP contribution in [0.4, 0.5) is 0 Å². The molecule has 0 radical (unpaired) electrons. The monoisotopic (exact) mass is 222 g/mol. The molecule has 4 nitrogen and oxygen atoms in total. The van der Waals surface area contributed by atoms with Gasteiger partial charge in [0.15, 0.2) is 0 Å². The molecular formula is C12H18N2O2. The summed E-state index contributed by atoms with van der Waals surface area (Å²) in [6.07, 6.45) is 0.141. The van der Waals surface area contributed by atoms with Crippen molar-refractivity contribution < 1.29 is 9.53 Å². The molecule has 1 aromatic rings. The highest BCUT2D eigenvalue weighted by atomic mass is 16.5. The quantitative estimate of drug-likeness (QED) is 0.787. The fourth-order valence-corrected chi connectivity index (χ4v) is 1.48. The van der Waals surface area contributed by atoms with Gasteiger partial charge in [-0.25, -0.2) is 0 Å². The predicted molar refractivity (Wildman–Crippen MR) is 63.2 cm³/mol. The van der Waals surface area contributed by atoms with Crippen LogP contribution in [0.15, 0.2) is 24.3 Å². The second kappa shape index (κ2) is 5.51. The van der Waals surface area contributed by atoms with Gasteiger partial charge in [-0.1, -0.05) is 12.1 Å². The third-order valence-electron chi connectivity index (χ3n) is 2.16. The van der Waals surface area contributed by atoms with Gasteiger partial charge in [0.25, 0.3) is 0 Å². The average Bonchev–Trinajstić information content (AvgIpc) is 2.20. The van der Waals surface area contributed by atoms with Crippen LogP contribution in [0, 0.1) is 0 Å². The topological polar surface area (TPSA) is 64.3 Å². The Hall–Kier alpha value is -1.55. The molecule has 0 fully saturated rings. The summed E-state index contributed by atoms with van der Waals surface area (Å²) in [5.41, 5.74) is 6.10. The summed E-state index contributed by atoms with van der Waals surface area (Å²) >= 11 is 0. The standard InChI is InChI=1S/C12H18N2O2/c1-8(2)16-10-6-4-9(5-7-10)11(14-3)12(13)15/h4-8,11,14H,1-3H3,(H2,13,15). The fraction of sp³-hybridized carbons (Fsp3) is 0.417. The summed E-state index contributed by atoms with van der Waals surface area (Å²) in [6, 6.07) is 6.89. The van der Waals surface area contributed by atoms with Gasteiger partial charge in [0.2, 0.25) is 5.91 Å². The molecule has 0 aliphatic rings. The van der Waals surface area contributed by atoms with Crippen LogP contribution in [-0.4, -0.2) is 19.1 Å². The molecule has 0 saturated carbocycles. The van der Waals surface area contributed by atoms with Gasteiger partial charge in [-0.15, -0.1) is 0 Å². The number of carbonyl (C=O) groups excluding carboxylic acids is 1. The number of amides is 1. The maximum Gasteiger partial charge on any atom is 0.239 e. The highest BCUT2D eigenvalue weighted by Crippen LogP contribution is 2.18. The number of benzene rings is 1. The summed E-state index contributed by atoms with van der Waals surface area (Å²) in [4.78, 5) is 11.1. The minimum atomic E-state index is -0.451. The van der Waals surface area contributed by atoms with E-state index in [4.69, 9.17) is 10.5 Å². The molecule has 1 atom stereocenters. The molecule has 0 saturated heterocycles. The van der Waals surface area contributed by atoms with Gasteiger partial charge in [0.05, 0.1) is 6.10 Å². The van der Waals surface area contributed by atoms with Gasteiger partial charge < -0.3 is 15.8 Å². The van der Waals surface area contributed by atoms with E-state index in [1.54, 1.807) is 7.05 Å². The van der Waals surface area contributed by atoms with E-state index in [0.29, 0.717) is 0 Å². The molecule has 0 bridgehead atoms. The van der Waals surface area contributed by atoms with Crippen LogP contribution in [0.5, 0.6) is 5.75 Å². The molecule has 1 aromatic carbocycles. The zero-order valence-electron chi connectivity index (χ0n) is 9.86. The summed E-state index contributed by atoms with van der Waals surface area (Å²) in [7, 11) is 1.70. The highest BCUT2D eigenvalue weighted by Gasteiger charge is 2.14. The molecular weight excluding hydrogens is 204 g/mol. The van der Waals surface area contributed by atoms with Crippen LogP contribution < -0.4 is 15.8 Å². The van der Waals surface area contributed by atoms with Crippen molar-refractivity contribution in [1.82, 2.24) is 5.32 Å². The summed E-state index contributed by atoms with van der Waals surface area (Å²) in [5.74, 6) is 0.401. The van der Waals surface area contributed by atoms with E-state index < -0.39 is 6.04 Å². The highest BCUT2D eigenvalue weighted by molar-refractivity contribution is 5.81. The Bertz CT molecular complexity index is 347. The first-order valence-electron chi connectivity index (χ1n) is 5.27. The van der Waals surface area contributed by atoms with Gasteiger partial charge in [-0.05, 0) is 38.6 Å².